The molecule has 1 rings (SSSR count). The van der Waals surface area contributed by atoms with Gasteiger partial charge in [-0.2, -0.15) is 0 Å². The highest BCUT2D eigenvalue weighted by Gasteiger charge is 2.27. The third-order valence-electron chi connectivity index (χ3n) is 3.92. The summed E-state index contributed by atoms with van der Waals surface area (Å²) in [4.78, 5) is 23.2. The van der Waals surface area contributed by atoms with E-state index < -0.39 is 5.60 Å². The van der Waals surface area contributed by atoms with Gasteiger partial charge in [-0.15, -0.1) is 0 Å². The van der Waals surface area contributed by atoms with E-state index in [1.54, 1.807) is 0 Å². The van der Waals surface area contributed by atoms with Gasteiger partial charge in [-0.25, -0.2) is 4.79 Å². The monoisotopic (exact) mass is 327 g/mol. The van der Waals surface area contributed by atoms with Crippen LogP contribution >= 0.6 is 0 Å². The Bertz CT molecular complexity index is 391. The van der Waals surface area contributed by atoms with Gasteiger partial charge in [-0.3, -0.25) is 4.79 Å². The number of ether oxygens (including phenoxy) is 1. The largest absolute Gasteiger partial charge is 0.444 e. The van der Waals surface area contributed by atoms with E-state index in [9.17, 15) is 9.59 Å². The Hall–Kier alpha value is -1.30. The molecule has 0 aromatic rings. The standard InChI is InChI=1S/C17H33N3O3/c1-12(2)15(21)19-10-9-18-14-8-6-7-13(14)11-20-16(22)23-17(3,4)5/h12-14,18H,6-11H2,1-5H3,(H,19,21)(H,20,22). The van der Waals surface area contributed by atoms with Crippen LogP contribution in [-0.4, -0.2) is 43.3 Å². The molecule has 0 bridgehead atoms. The van der Waals surface area contributed by atoms with E-state index >= 15 is 0 Å². The molecule has 1 saturated carbocycles. The van der Waals surface area contributed by atoms with Crippen molar-refractivity contribution in [1.29, 1.82) is 0 Å². The van der Waals surface area contributed by atoms with E-state index in [2.05, 4.69) is 16.0 Å². The highest BCUT2D eigenvalue weighted by molar-refractivity contribution is 5.77. The molecule has 0 aromatic heterocycles. The molecule has 0 heterocycles. The second-order valence-corrected chi connectivity index (χ2v) is 7.58. The smallest absolute Gasteiger partial charge is 0.407 e. The second kappa shape index (κ2) is 9.11. The van der Waals surface area contributed by atoms with Crippen molar-refractivity contribution in [2.24, 2.45) is 11.8 Å². The van der Waals surface area contributed by atoms with Gasteiger partial charge in [0.2, 0.25) is 5.91 Å². The first kappa shape index (κ1) is 19.7. The maximum Gasteiger partial charge on any atom is 0.407 e. The fourth-order valence-electron chi connectivity index (χ4n) is 2.73. The highest BCUT2D eigenvalue weighted by atomic mass is 16.6. The number of carbonyl (C=O) groups is 2. The molecule has 1 aliphatic rings. The van der Waals surface area contributed by atoms with Gasteiger partial charge in [-0.05, 0) is 39.5 Å². The lowest BCUT2D eigenvalue weighted by molar-refractivity contribution is -0.123. The molecule has 0 aliphatic heterocycles. The topological polar surface area (TPSA) is 79.5 Å². The van der Waals surface area contributed by atoms with Crippen LogP contribution in [0.1, 0.15) is 53.9 Å². The number of hydrogen-bond donors (Lipinski definition) is 3. The Morgan fingerprint density at radius 1 is 1.13 bits per heavy atom. The maximum atomic E-state index is 11.7. The molecule has 0 spiro atoms. The Balaban J connectivity index is 2.23. The minimum Gasteiger partial charge on any atom is -0.444 e. The summed E-state index contributed by atoms with van der Waals surface area (Å²) in [6, 6.07) is 0.390. The van der Waals surface area contributed by atoms with E-state index in [1.807, 2.05) is 34.6 Å². The zero-order valence-electron chi connectivity index (χ0n) is 15.2. The van der Waals surface area contributed by atoms with E-state index in [0.29, 0.717) is 25.0 Å². The zero-order chi connectivity index (χ0) is 17.5. The Kier molecular flexibility index (Phi) is 7.82. The highest BCUT2D eigenvalue weighted by Crippen LogP contribution is 2.25. The van der Waals surface area contributed by atoms with Crippen molar-refractivity contribution < 1.29 is 14.3 Å². The average molecular weight is 327 g/mol. The van der Waals surface area contributed by atoms with Crippen LogP contribution in [0.25, 0.3) is 0 Å². The van der Waals surface area contributed by atoms with Crippen LogP contribution < -0.4 is 16.0 Å². The van der Waals surface area contributed by atoms with Crippen LogP contribution in [0.4, 0.5) is 4.79 Å². The zero-order valence-corrected chi connectivity index (χ0v) is 15.2. The number of nitrogens with one attached hydrogen (secondary N) is 3. The van der Waals surface area contributed by atoms with Crippen molar-refractivity contribution in [2.45, 2.75) is 65.5 Å². The molecule has 6 nitrogen and oxygen atoms in total. The quantitative estimate of drug-likeness (QED) is 0.625. The van der Waals surface area contributed by atoms with Crippen LogP contribution in [0.2, 0.25) is 0 Å². The summed E-state index contributed by atoms with van der Waals surface area (Å²) in [5.41, 5.74) is -0.466. The van der Waals surface area contributed by atoms with Gasteiger partial charge in [0.05, 0.1) is 0 Å². The van der Waals surface area contributed by atoms with Gasteiger partial charge in [0.15, 0.2) is 0 Å². The third kappa shape index (κ3) is 8.21. The maximum absolute atomic E-state index is 11.7. The fraction of sp³-hybridized carbons (Fsp3) is 0.882. The SMILES string of the molecule is CC(C)C(=O)NCCNC1CCCC1CNC(=O)OC(C)(C)C. The number of carbonyl (C=O) groups excluding carboxylic acids is 2. The summed E-state index contributed by atoms with van der Waals surface area (Å²) in [6.07, 6.45) is 3.02. The van der Waals surface area contributed by atoms with Crippen LogP contribution in [-0.2, 0) is 9.53 Å². The first-order valence-electron chi connectivity index (χ1n) is 8.67. The third-order valence-corrected chi connectivity index (χ3v) is 3.92. The van der Waals surface area contributed by atoms with Crippen LogP contribution in [0, 0.1) is 11.8 Å². The number of hydrogen-bond acceptors (Lipinski definition) is 4. The molecule has 0 aromatic carbocycles. The van der Waals surface area contributed by atoms with Gasteiger partial charge in [0, 0.05) is 31.6 Å². The van der Waals surface area contributed by atoms with Gasteiger partial charge in [0.25, 0.3) is 0 Å². The first-order valence-corrected chi connectivity index (χ1v) is 8.67. The van der Waals surface area contributed by atoms with Gasteiger partial charge in [0.1, 0.15) is 5.60 Å². The molecular formula is C17H33N3O3. The molecule has 0 saturated heterocycles. The number of alkyl carbamates (subject to hydrolysis) is 1. The Morgan fingerprint density at radius 3 is 2.43 bits per heavy atom. The predicted molar refractivity (Wildman–Crippen MR) is 91.2 cm³/mol. The molecule has 2 amide bonds. The van der Waals surface area contributed by atoms with Gasteiger partial charge >= 0.3 is 6.09 Å². The van der Waals surface area contributed by atoms with Crippen LogP contribution in [0.3, 0.4) is 0 Å². The minimum atomic E-state index is -0.466. The van der Waals surface area contributed by atoms with Crippen LogP contribution in [0.15, 0.2) is 0 Å². The van der Waals surface area contributed by atoms with Gasteiger partial charge in [-0.1, -0.05) is 20.3 Å². The molecule has 2 unspecified atom stereocenters. The van der Waals surface area contributed by atoms with E-state index in [4.69, 9.17) is 4.74 Å². The summed E-state index contributed by atoms with van der Waals surface area (Å²) < 4.78 is 5.26. The molecule has 1 fully saturated rings. The van der Waals surface area contributed by atoms with Gasteiger partial charge < -0.3 is 20.7 Å². The molecule has 0 radical (unpaired) electrons. The lowest BCUT2D eigenvalue weighted by Gasteiger charge is -2.24. The van der Waals surface area contributed by atoms with Crippen molar-refractivity contribution in [3.05, 3.63) is 0 Å². The normalized spacial score (nSPS) is 21.3. The molecule has 2 atom stereocenters. The van der Waals surface area contributed by atoms with E-state index in [1.165, 1.54) is 0 Å². The minimum absolute atomic E-state index is 0.0206. The molecule has 6 heteroatoms. The summed E-state index contributed by atoms with van der Waals surface area (Å²) in [7, 11) is 0. The van der Waals surface area contributed by atoms with Crippen LogP contribution in [0.5, 0.6) is 0 Å². The summed E-state index contributed by atoms with van der Waals surface area (Å²) >= 11 is 0. The molecule has 3 N–H and O–H groups in total. The molecule has 1 aliphatic carbocycles. The predicted octanol–water partition coefficient (Wildman–Crippen LogP) is 2.04. The summed E-state index contributed by atoms with van der Waals surface area (Å²) in [5.74, 6) is 0.525. The molecule has 23 heavy (non-hydrogen) atoms. The number of amides is 2. The van der Waals surface area contributed by atoms with Crippen molar-refractivity contribution >= 4 is 12.0 Å². The second-order valence-electron chi connectivity index (χ2n) is 7.58. The van der Waals surface area contributed by atoms with Crippen molar-refractivity contribution in [2.75, 3.05) is 19.6 Å². The fourth-order valence-corrected chi connectivity index (χ4v) is 2.73. The first-order chi connectivity index (χ1) is 10.7. The van der Waals surface area contributed by atoms with E-state index in [0.717, 1.165) is 25.8 Å². The average Bonchev–Trinajstić information content (AvgIpc) is 2.86. The molecule has 134 valence electrons. The Morgan fingerprint density at radius 2 is 1.83 bits per heavy atom. The van der Waals surface area contributed by atoms with E-state index in [-0.39, 0.29) is 17.9 Å². The lowest BCUT2D eigenvalue weighted by Crippen LogP contribution is -2.43. The number of rotatable bonds is 7. The van der Waals surface area contributed by atoms with Crippen molar-refractivity contribution in [3.8, 4) is 0 Å². The molecular weight excluding hydrogens is 294 g/mol. The summed E-state index contributed by atoms with van der Waals surface area (Å²) in [6.45, 7) is 11.4. The lowest BCUT2D eigenvalue weighted by atomic mass is 10.0. The summed E-state index contributed by atoms with van der Waals surface area (Å²) in [5, 5.41) is 9.26. The van der Waals surface area contributed by atoms with Crippen molar-refractivity contribution in [1.82, 2.24) is 16.0 Å². The Labute approximate surface area is 140 Å². The van der Waals surface area contributed by atoms with Crippen molar-refractivity contribution in [3.63, 3.8) is 0 Å².